The number of carbonyl (C=O) groups is 2. The summed E-state index contributed by atoms with van der Waals surface area (Å²) in [6.45, 7) is -0.176. The van der Waals surface area contributed by atoms with Crippen molar-refractivity contribution in [3.8, 4) is 28.3 Å². The maximum absolute atomic E-state index is 13.0. The van der Waals surface area contributed by atoms with Crippen LogP contribution < -0.4 is 26.6 Å². The maximum atomic E-state index is 13.0. The number of ether oxygens (including phenoxy) is 1. The first kappa shape index (κ1) is 30.0. The molecule has 4 aromatic rings. The van der Waals surface area contributed by atoms with Gasteiger partial charge in [0.25, 0.3) is 11.5 Å². The summed E-state index contributed by atoms with van der Waals surface area (Å²) in [7, 11) is 4.26. The number of amides is 1. The topological polar surface area (TPSA) is 145 Å². The van der Waals surface area contributed by atoms with E-state index in [4.69, 9.17) is 38.0 Å². The van der Waals surface area contributed by atoms with E-state index in [0.29, 0.717) is 46.1 Å². The molecule has 2 aromatic heterocycles. The number of halogens is 2. The molecule has 13 heteroatoms. The highest BCUT2D eigenvalue weighted by Crippen LogP contribution is 2.44. The van der Waals surface area contributed by atoms with Crippen LogP contribution in [-0.4, -0.2) is 44.8 Å². The first-order chi connectivity index (χ1) is 20.5. The van der Waals surface area contributed by atoms with Crippen molar-refractivity contribution in [3.63, 3.8) is 0 Å². The molecule has 3 N–H and O–H groups in total. The number of nitrogens with zero attached hydrogens (tertiary/aromatic N) is 3. The number of carboxylic acids is 1. The molecule has 1 amide bonds. The van der Waals surface area contributed by atoms with Gasteiger partial charge in [-0.15, -0.1) is 0 Å². The average molecular weight is 624 g/mol. The van der Waals surface area contributed by atoms with Crippen molar-refractivity contribution >= 4 is 40.8 Å². The molecule has 1 atom stereocenters. The van der Waals surface area contributed by atoms with E-state index < -0.39 is 23.1 Å². The van der Waals surface area contributed by atoms with Gasteiger partial charge in [0.15, 0.2) is 0 Å². The lowest BCUT2D eigenvalue weighted by Gasteiger charge is -2.17. The van der Waals surface area contributed by atoms with E-state index >= 15 is 0 Å². The minimum atomic E-state index is -0.945. The van der Waals surface area contributed by atoms with Gasteiger partial charge in [0.05, 0.1) is 35.1 Å². The molecule has 0 spiro atoms. The molecule has 0 radical (unpaired) electrons. The predicted octanol–water partition coefficient (Wildman–Crippen LogP) is 4.04. The summed E-state index contributed by atoms with van der Waals surface area (Å²) in [6, 6.07) is 12.2. The Morgan fingerprint density at radius 2 is 1.74 bits per heavy atom. The first-order valence-corrected chi connectivity index (χ1v) is 14.0. The number of carbonyl (C=O) groups excluding carboxylic acids is 1. The van der Waals surface area contributed by atoms with Crippen LogP contribution in [0.5, 0.6) is 5.88 Å². The van der Waals surface area contributed by atoms with Gasteiger partial charge in [-0.2, -0.15) is 0 Å². The molecule has 0 bridgehead atoms. The van der Waals surface area contributed by atoms with Gasteiger partial charge in [0.2, 0.25) is 5.88 Å². The second-order valence-electron chi connectivity index (χ2n) is 10.0. The fourth-order valence-electron chi connectivity index (χ4n) is 5.24. The number of rotatable bonds is 8. The number of aromatic nitrogens is 3. The third-order valence-corrected chi connectivity index (χ3v) is 8.17. The van der Waals surface area contributed by atoms with E-state index in [-0.39, 0.29) is 28.9 Å². The quantitative estimate of drug-likeness (QED) is 0.267. The van der Waals surface area contributed by atoms with Gasteiger partial charge in [-0.25, -0.2) is 9.78 Å². The number of benzene rings is 2. The minimum Gasteiger partial charge on any atom is -0.481 e. The van der Waals surface area contributed by atoms with Crippen LogP contribution in [0, 0.1) is 0 Å². The molecule has 0 fully saturated rings. The van der Waals surface area contributed by atoms with E-state index in [9.17, 15) is 19.2 Å². The molecular weight excluding hydrogens is 597 g/mol. The Morgan fingerprint density at radius 1 is 1.07 bits per heavy atom. The van der Waals surface area contributed by atoms with Gasteiger partial charge in [-0.3, -0.25) is 24.3 Å². The zero-order valence-electron chi connectivity index (χ0n) is 23.4. The third-order valence-electron chi connectivity index (χ3n) is 7.36. The van der Waals surface area contributed by atoms with Crippen molar-refractivity contribution in [1.82, 2.24) is 19.4 Å². The van der Waals surface area contributed by atoms with E-state index in [2.05, 4.69) is 10.6 Å². The summed E-state index contributed by atoms with van der Waals surface area (Å²) in [5.41, 5.74) is 2.88. The van der Waals surface area contributed by atoms with Crippen LogP contribution in [0.2, 0.25) is 10.0 Å². The van der Waals surface area contributed by atoms with Crippen LogP contribution in [0.15, 0.2) is 58.3 Å². The Morgan fingerprint density at radius 3 is 2.44 bits per heavy atom. The van der Waals surface area contributed by atoms with Crippen LogP contribution in [-0.2, 0) is 25.3 Å². The van der Waals surface area contributed by atoms with E-state index in [1.54, 1.807) is 24.3 Å². The smallest absolute Gasteiger partial charge is 0.330 e. The molecule has 11 nitrogen and oxygen atoms in total. The largest absolute Gasteiger partial charge is 0.481 e. The number of aryl methyl sites for hydroxylation is 2. The summed E-state index contributed by atoms with van der Waals surface area (Å²) < 4.78 is 7.60. The molecule has 1 unspecified atom stereocenters. The summed E-state index contributed by atoms with van der Waals surface area (Å²) in [5.74, 6) is -1.28. The number of anilines is 1. The molecular formula is C30H27Cl2N5O6. The van der Waals surface area contributed by atoms with Crippen molar-refractivity contribution in [2.75, 3.05) is 19.0 Å². The standard InChI is InChI=1S/C30H27Cl2N5O6/c1-36-14-19(29(41)37(2)30(36)42)27(40)34-21-9-5-7-17(26(21)32)16-6-4-8-18(25(16)31)22-12-15-10-11-20(33-13-23(38)39)24(15)28(35-22)43-3/h4-9,12,14,20,33H,10-11,13H2,1-3H3,(H,34,40)(H,38,39). The Balaban J connectivity index is 1.50. The fourth-order valence-corrected chi connectivity index (χ4v) is 5.84. The third kappa shape index (κ3) is 5.66. The molecule has 222 valence electrons. The summed E-state index contributed by atoms with van der Waals surface area (Å²) in [4.78, 5) is 53.4. The normalized spacial score (nSPS) is 13.9. The number of carboxylic acid groups (broad SMARTS) is 1. The van der Waals surface area contributed by atoms with Crippen LogP contribution in [0.1, 0.15) is 33.9 Å². The molecule has 0 saturated carbocycles. The monoisotopic (exact) mass is 623 g/mol. The second kappa shape index (κ2) is 12.0. The molecule has 0 saturated heterocycles. The lowest BCUT2D eigenvalue weighted by Crippen LogP contribution is -2.40. The Bertz CT molecular complexity index is 1900. The van der Waals surface area contributed by atoms with Crippen LogP contribution >= 0.6 is 23.2 Å². The van der Waals surface area contributed by atoms with E-state index in [1.165, 1.54) is 27.4 Å². The number of methoxy groups -OCH3 is 1. The maximum Gasteiger partial charge on any atom is 0.330 e. The summed E-state index contributed by atoms with van der Waals surface area (Å²) in [6.07, 6.45) is 2.60. The van der Waals surface area contributed by atoms with Gasteiger partial charge in [0.1, 0.15) is 5.56 Å². The van der Waals surface area contributed by atoms with Gasteiger partial charge < -0.3 is 19.7 Å². The van der Waals surface area contributed by atoms with E-state index in [0.717, 1.165) is 20.3 Å². The highest BCUT2D eigenvalue weighted by Gasteiger charge is 2.29. The predicted molar refractivity (Wildman–Crippen MR) is 163 cm³/mol. The van der Waals surface area contributed by atoms with Crippen molar-refractivity contribution in [3.05, 3.63) is 96.2 Å². The lowest BCUT2D eigenvalue weighted by molar-refractivity contribution is -0.136. The van der Waals surface area contributed by atoms with Gasteiger partial charge >= 0.3 is 11.7 Å². The molecule has 1 aliphatic carbocycles. The first-order valence-electron chi connectivity index (χ1n) is 13.2. The lowest BCUT2D eigenvalue weighted by atomic mass is 9.99. The molecule has 0 aliphatic heterocycles. The minimum absolute atomic E-state index is 0.176. The second-order valence-corrected chi connectivity index (χ2v) is 10.8. The SMILES string of the molecule is COc1nc(-c2cccc(-c3cccc(NC(=O)c4cn(C)c(=O)n(C)c4=O)c3Cl)c2Cl)cc2c1C(NCC(=O)O)CC2. The fraction of sp³-hybridized carbons (Fsp3) is 0.233. The highest BCUT2D eigenvalue weighted by molar-refractivity contribution is 6.39. The van der Waals surface area contributed by atoms with Gasteiger partial charge in [-0.05, 0) is 30.5 Å². The number of fused-ring (bicyclic) bond motifs is 1. The van der Waals surface area contributed by atoms with Gasteiger partial charge in [-0.1, -0.05) is 53.5 Å². The zero-order valence-corrected chi connectivity index (χ0v) is 24.9. The Labute approximate surface area is 255 Å². The van der Waals surface area contributed by atoms with Crippen LogP contribution in [0.25, 0.3) is 22.4 Å². The summed E-state index contributed by atoms with van der Waals surface area (Å²) >= 11 is 13.7. The number of hydrogen-bond acceptors (Lipinski definition) is 7. The van der Waals surface area contributed by atoms with Crippen molar-refractivity contribution < 1.29 is 19.4 Å². The molecule has 2 heterocycles. The Hall–Kier alpha value is -4.45. The summed E-state index contributed by atoms with van der Waals surface area (Å²) in [5, 5.41) is 15.4. The Kier molecular flexibility index (Phi) is 8.41. The average Bonchev–Trinajstić information content (AvgIpc) is 3.40. The number of hydrogen-bond donors (Lipinski definition) is 3. The van der Waals surface area contributed by atoms with Crippen molar-refractivity contribution in [2.45, 2.75) is 18.9 Å². The number of nitrogens with one attached hydrogen (secondary N) is 2. The highest BCUT2D eigenvalue weighted by atomic mass is 35.5. The van der Waals surface area contributed by atoms with Crippen LogP contribution in [0.3, 0.4) is 0 Å². The van der Waals surface area contributed by atoms with Gasteiger partial charge in [0, 0.05) is 48.6 Å². The van der Waals surface area contributed by atoms with Crippen molar-refractivity contribution in [1.29, 1.82) is 0 Å². The number of pyridine rings is 1. The van der Waals surface area contributed by atoms with Crippen LogP contribution in [0.4, 0.5) is 5.69 Å². The molecule has 5 rings (SSSR count). The zero-order chi connectivity index (χ0) is 31.0. The molecule has 1 aliphatic rings. The van der Waals surface area contributed by atoms with E-state index in [1.807, 2.05) is 18.2 Å². The molecule has 43 heavy (non-hydrogen) atoms. The number of aliphatic carboxylic acids is 1. The van der Waals surface area contributed by atoms with Crippen molar-refractivity contribution in [2.24, 2.45) is 14.1 Å². The molecule has 2 aromatic carbocycles.